The van der Waals surface area contributed by atoms with Gasteiger partial charge >= 0.3 is 5.82 Å². The van der Waals surface area contributed by atoms with E-state index in [0.717, 1.165) is 6.20 Å². The molecule has 0 unspecified atom stereocenters. The van der Waals surface area contributed by atoms with Gasteiger partial charge in [0, 0.05) is 44.0 Å². The van der Waals surface area contributed by atoms with Crippen LogP contribution in [0.3, 0.4) is 0 Å². The average molecular weight is 615 g/mol. The average Bonchev–Trinajstić information content (AvgIpc) is 3.19. The number of rotatable bonds is 7. The van der Waals surface area contributed by atoms with Gasteiger partial charge in [-0.3, -0.25) is 14.6 Å². The Morgan fingerprint density at radius 3 is 2.60 bits per heavy atom. The topological polar surface area (TPSA) is 122 Å². The number of pyridine rings is 2. The van der Waals surface area contributed by atoms with Gasteiger partial charge in [-0.05, 0) is 71.3 Å². The Morgan fingerprint density at radius 1 is 1.16 bits per heavy atom. The number of hydrogen-bond acceptors (Lipinski definition) is 7. The molecule has 3 aliphatic rings. The highest BCUT2D eigenvalue weighted by Gasteiger charge is 2.59. The number of aromatic nitrogens is 2. The zero-order valence-electron chi connectivity index (χ0n) is 22.7. The second-order valence-electron chi connectivity index (χ2n) is 11.2. The summed E-state index contributed by atoms with van der Waals surface area (Å²) in [4.78, 5) is 48.4. The maximum absolute atomic E-state index is 14.4. The van der Waals surface area contributed by atoms with Crippen LogP contribution in [0.1, 0.15) is 53.7 Å². The highest BCUT2D eigenvalue weighted by atomic mass is 35.5. The van der Waals surface area contributed by atoms with Crippen molar-refractivity contribution in [1.82, 2.24) is 15.3 Å². The minimum absolute atomic E-state index is 0.0717. The monoisotopic (exact) mass is 614 g/mol. The lowest BCUT2D eigenvalue weighted by Gasteiger charge is -2.46. The number of nitrogens with zero attached hydrogens (tertiary/aromatic N) is 5. The predicted octanol–water partition coefficient (Wildman–Crippen LogP) is 5.21. The van der Waals surface area contributed by atoms with Crippen LogP contribution < -0.4 is 15.1 Å². The molecule has 1 spiro atoms. The molecule has 1 saturated carbocycles. The molecule has 1 saturated heterocycles. The molecule has 2 fully saturated rings. The van der Waals surface area contributed by atoms with Gasteiger partial charge in [-0.1, -0.05) is 17.7 Å². The Balaban J connectivity index is 1.12. The number of halogens is 4. The first kappa shape index (κ1) is 28.8. The second-order valence-corrected chi connectivity index (χ2v) is 11.6. The number of anilines is 2. The van der Waals surface area contributed by atoms with Crippen LogP contribution in [-0.4, -0.2) is 52.4 Å². The number of nitro groups is 1. The first-order valence-corrected chi connectivity index (χ1v) is 14.2. The Hall–Kier alpha value is -4.26. The normalized spacial score (nSPS) is 20.7. The number of carbonyl (C=O) groups excluding carboxylic acids is 2. The fourth-order valence-electron chi connectivity index (χ4n) is 6.38. The summed E-state index contributed by atoms with van der Waals surface area (Å²) in [6.45, 7) is 0.875. The van der Waals surface area contributed by atoms with Gasteiger partial charge in [0.25, 0.3) is 12.3 Å². The number of nitrogens with one attached hydrogen (secondary N) is 1. The molecule has 6 rings (SSSR count). The van der Waals surface area contributed by atoms with Gasteiger partial charge in [0.1, 0.15) is 16.9 Å². The molecule has 1 aromatic carbocycles. The Bertz CT molecular complexity index is 1610. The van der Waals surface area contributed by atoms with E-state index in [-0.39, 0.29) is 47.4 Å². The summed E-state index contributed by atoms with van der Waals surface area (Å²) in [5.41, 5.74) is -0.565. The minimum Gasteiger partial charge on any atom is -0.358 e. The van der Waals surface area contributed by atoms with Gasteiger partial charge in [0.15, 0.2) is 0 Å². The van der Waals surface area contributed by atoms with Crippen LogP contribution in [0.15, 0.2) is 48.7 Å². The summed E-state index contributed by atoms with van der Waals surface area (Å²) < 4.78 is 41.1. The van der Waals surface area contributed by atoms with Gasteiger partial charge in [-0.25, -0.2) is 13.2 Å². The molecule has 10 nitrogen and oxygen atoms in total. The summed E-state index contributed by atoms with van der Waals surface area (Å²) in [7, 11) is 0. The SMILES string of the molecule is O=C(N[C@H]1CC[C@H](CN2C(=O)C3(CN(c4cccc([N+](=O)[O-])n4)C3)c3ccc(F)cc32)CC1)c1cc(Cl)cnc1C(F)F. The molecule has 1 aliphatic carbocycles. The fourth-order valence-corrected chi connectivity index (χ4v) is 6.53. The van der Waals surface area contributed by atoms with Crippen molar-refractivity contribution in [1.29, 1.82) is 0 Å². The van der Waals surface area contributed by atoms with E-state index >= 15 is 0 Å². The number of alkyl halides is 2. The van der Waals surface area contributed by atoms with Crippen molar-refractivity contribution >= 4 is 40.7 Å². The first-order chi connectivity index (χ1) is 20.6. The van der Waals surface area contributed by atoms with E-state index in [0.29, 0.717) is 49.3 Å². The highest BCUT2D eigenvalue weighted by molar-refractivity contribution is 6.30. The zero-order valence-corrected chi connectivity index (χ0v) is 23.4. The summed E-state index contributed by atoms with van der Waals surface area (Å²) >= 11 is 5.88. The van der Waals surface area contributed by atoms with Crippen molar-refractivity contribution in [2.45, 2.75) is 43.6 Å². The lowest BCUT2D eigenvalue weighted by atomic mass is 9.74. The maximum atomic E-state index is 14.4. The highest BCUT2D eigenvalue weighted by Crippen LogP contribution is 2.49. The summed E-state index contributed by atoms with van der Waals surface area (Å²) in [5.74, 6) is -1.10. The van der Waals surface area contributed by atoms with Crippen molar-refractivity contribution in [3.8, 4) is 0 Å². The zero-order chi connectivity index (χ0) is 30.5. The maximum Gasteiger partial charge on any atom is 0.365 e. The molecule has 43 heavy (non-hydrogen) atoms. The molecular weight excluding hydrogens is 589 g/mol. The molecule has 2 aromatic heterocycles. The number of fused-ring (bicyclic) bond motifs is 2. The van der Waals surface area contributed by atoms with E-state index in [9.17, 15) is 32.9 Å². The van der Waals surface area contributed by atoms with Crippen LogP contribution in [0.25, 0.3) is 0 Å². The second kappa shape index (κ2) is 11.1. The van der Waals surface area contributed by atoms with Crippen LogP contribution in [-0.2, 0) is 10.2 Å². The van der Waals surface area contributed by atoms with E-state index in [1.807, 2.05) is 0 Å². The molecule has 4 heterocycles. The van der Waals surface area contributed by atoms with Crippen LogP contribution >= 0.6 is 11.6 Å². The third-order valence-electron chi connectivity index (χ3n) is 8.53. The molecule has 2 aliphatic heterocycles. The number of amides is 2. The standard InChI is InChI=1S/C29H26ClF3N6O4/c30-17-10-20(25(26(32)33)34-12-17)27(40)35-19-7-4-16(5-8-19)13-38-22-11-18(31)6-9-21(22)29(28(38)41)14-37(15-29)23-2-1-3-24(36-23)39(42)43/h1-3,6,9-12,16,19,26H,4-5,7-8,13-15H2,(H,35,40)/t16-,19-. The van der Waals surface area contributed by atoms with Crippen LogP contribution in [0.5, 0.6) is 0 Å². The van der Waals surface area contributed by atoms with Gasteiger partial charge in [0.2, 0.25) is 11.7 Å². The number of hydrogen-bond donors (Lipinski definition) is 1. The minimum atomic E-state index is -2.92. The number of carbonyl (C=O) groups is 2. The molecule has 14 heteroatoms. The molecule has 1 N–H and O–H groups in total. The summed E-state index contributed by atoms with van der Waals surface area (Å²) in [6.07, 6.45) is 0.614. The van der Waals surface area contributed by atoms with Gasteiger partial charge in [0.05, 0.1) is 16.3 Å². The summed E-state index contributed by atoms with van der Waals surface area (Å²) in [6, 6.07) is 9.74. The van der Waals surface area contributed by atoms with Crippen molar-refractivity contribution in [3.05, 3.63) is 86.4 Å². The summed E-state index contributed by atoms with van der Waals surface area (Å²) in [5, 5.41) is 14.1. The van der Waals surface area contributed by atoms with E-state index in [2.05, 4.69) is 15.3 Å². The predicted molar refractivity (Wildman–Crippen MR) is 151 cm³/mol. The quantitative estimate of drug-likeness (QED) is 0.286. The molecule has 2 amide bonds. The smallest absolute Gasteiger partial charge is 0.358 e. The van der Waals surface area contributed by atoms with Crippen molar-refractivity contribution in [3.63, 3.8) is 0 Å². The van der Waals surface area contributed by atoms with E-state index in [1.165, 1.54) is 24.3 Å². The van der Waals surface area contributed by atoms with Gasteiger partial charge < -0.3 is 25.2 Å². The molecule has 0 radical (unpaired) electrons. The number of benzene rings is 1. The van der Waals surface area contributed by atoms with Crippen molar-refractivity contribution in [2.24, 2.45) is 5.92 Å². The van der Waals surface area contributed by atoms with Crippen molar-refractivity contribution in [2.75, 3.05) is 29.4 Å². The van der Waals surface area contributed by atoms with Gasteiger partial charge in [-0.15, -0.1) is 0 Å². The molecular formula is C29H26ClF3N6O4. The van der Waals surface area contributed by atoms with E-state index in [1.54, 1.807) is 28.0 Å². The Labute approximate surface area is 249 Å². The van der Waals surface area contributed by atoms with Crippen molar-refractivity contribution < 1.29 is 27.7 Å². The van der Waals surface area contributed by atoms with Crippen LogP contribution in [0.2, 0.25) is 5.02 Å². The van der Waals surface area contributed by atoms with Gasteiger partial charge in [-0.2, -0.15) is 0 Å². The largest absolute Gasteiger partial charge is 0.365 e. The Kier molecular flexibility index (Phi) is 7.45. The van der Waals surface area contributed by atoms with Crippen LogP contribution in [0, 0.1) is 21.8 Å². The first-order valence-electron chi connectivity index (χ1n) is 13.8. The van der Waals surface area contributed by atoms with Crippen LogP contribution in [0.4, 0.5) is 30.5 Å². The lowest BCUT2D eigenvalue weighted by Crippen LogP contribution is -2.64. The Morgan fingerprint density at radius 2 is 1.91 bits per heavy atom. The third-order valence-corrected chi connectivity index (χ3v) is 8.74. The third kappa shape index (κ3) is 5.26. The molecule has 0 atom stereocenters. The molecule has 0 bridgehead atoms. The lowest BCUT2D eigenvalue weighted by molar-refractivity contribution is -0.389. The molecule has 224 valence electrons. The molecule has 3 aromatic rings. The van der Waals surface area contributed by atoms with E-state index in [4.69, 9.17) is 11.6 Å². The van der Waals surface area contributed by atoms with E-state index < -0.39 is 34.2 Å². The fraction of sp³-hybridized carbons (Fsp3) is 0.379.